The molecule has 0 aliphatic carbocycles. The molecule has 0 radical (unpaired) electrons. The van der Waals surface area contributed by atoms with E-state index in [1.165, 1.54) is 25.7 Å². The largest absolute Gasteiger partial charge is 0.283 e. The van der Waals surface area contributed by atoms with E-state index in [2.05, 4.69) is 32.6 Å². The van der Waals surface area contributed by atoms with E-state index in [0.717, 1.165) is 5.92 Å². The third-order valence-electron chi connectivity index (χ3n) is 5.54. The van der Waals surface area contributed by atoms with Crippen LogP contribution in [0, 0.1) is 5.92 Å². The number of hydrogen-bond donors (Lipinski definition) is 0. The van der Waals surface area contributed by atoms with E-state index in [1.807, 2.05) is 0 Å². The fourth-order valence-electron chi connectivity index (χ4n) is 4.64. The Kier molecular flexibility index (Phi) is 1.17. The van der Waals surface area contributed by atoms with Gasteiger partial charge in [0.1, 0.15) is 0 Å². The van der Waals surface area contributed by atoms with Crippen molar-refractivity contribution in [3.8, 4) is 0 Å². The van der Waals surface area contributed by atoms with Crippen molar-refractivity contribution >= 4 is 0 Å². The summed E-state index contributed by atoms with van der Waals surface area (Å²) < 4.78 is 0. The quantitative estimate of drug-likeness (QED) is 0.559. The Balaban J connectivity index is 1.99. The third-order valence-corrected chi connectivity index (χ3v) is 5.54. The molecular weight excluding hydrogens is 158 g/mol. The molecule has 3 rings (SSSR count). The van der Waals surface area contributed by atoms with Crippen molar-refractivity contribution in [2.45, 2.75) is 70.0 Å². The maximum absolute atomic E-state index is 2.83. The van der Waals surface area contributed by atoms with Gasteiger partial charge >= 0.3 is 0 Å². The van der Waals surface area contributed by atoms with Gasteiger partial charge in [0.05, 0.1) is 0 Å². The van der Waals surface area contributed by atoms with Gasteiger partial charge in [-0.1, -0.05) is 13.8 Å². The minimum Gasteiger partial charge on any atom is -0.283 e. The summed E-state index contributed by atoms with van der Waals surface area (Å²) in [5, 5.41) is 0. The van der Waals surface area contributed by atoms with Gasteiger partial charge in [-0.25, -0.2) is 0 Å². The van der Waals surface area contributed by atoms with Gasteiger partial charge in [-0.15, -0.1) is 0 Å². The second-order valence-corrected chi connectivity index (χ2v) is 6.17. The van der Waals surface area contributed by atoms with Crippen LogP contribution >= 0.6 is 0 Å². The minimum atomic E-state index is 0.593. The van der Waals surface area contributed by atoms with Crippen LogP contribution in [0.5, 0.6) is 0 Å². The Morgan fingerprint density at radius 3 is 2.31 bits per heavy atom. The summed E-state index contributed by atoms with van der Waals surface area (Å²) in [6.07, 6.45) is 5.82. The number of rotatable bonds is 1. The zero-order valence-corrected chi connectivity index (χ0v) is 9.35. The normalized spacial score (nSPS) is 63.0. The first-order chi connectivity index (χ1) is 5.97. The van der Waals surface area contributed by atoms with Crippen LogP contribution in [-0.2, 0) is 0 Å². The molecule has 0 N–H and O–H groups in total. The van der Waals surface area contributed by atoms with Crippen molar-refractivity contribution < 1.29 is 0 Å². The molecule has 0 spiro atoms. The highest BCUT2D eigenvalue weighted by molar-refractivity contribution is 5.40. The molecule has 4 unspecified atom stereocenters. The Labute approximate surface area is 81.5 Å². The van der Waals surface area contributed by atoms with Crippen molar-refractivity contribution in [2.75, 3.05) is 0 Å². The van der Waals surface area contributed by atoms with Crippen LogP contribution in [0.15, 0.2) is 0 Å². The summed E-state index contributed by atoms with van der Waals surface area (Å²) >= 11 is 0. The van der Waals surface area contributed by atoms with E-state index >= 15 is 0 Å². The Morgan fingerprint density at radius 2 is 1.77 bits per heavy atom. The fourth-order valence-corrected chi connectivity index (χ4v) is 4.64. The van der Waals surface area contributed by atoms with Gasteiger partial charge in [0.15, 0.2) is 0 Å². The van der Waals surface area contributed by atoms with E-state index in [-0.39, 0.29) is 0 Å². The van der Waals surface area contributed by atoms with E-state index in [9.17, 15) is 0 Å². The van der Waals surface area contributed by atoms with Gasteiger partial charge in [0.2, 0.25) is 0 Å². The maximum atomic E-state index is 2.83. The topological polar surface area (TPSA) is 3.01 Å². The highest BCUT2D eigenvalue weighted by atomic mass is 15.6. The average molecular weight is 179 g/mol. The molecule has 4 atom stereocenters. The SMILES string of the molecule is CC(C)C12CCCC3(C)N1C3(C)C2. The van der Waals surface area contributed by atoms with Crippen molar-refractivity contribution in [1.29, 1.82) is 0 Å². The summed E-state index contributed by atoms with van der Waals surface area (Å²) in [6, 6.07) is 0. The molecule has 0 amide bonds. The van der Waals surface area contributed by atoms with Gasteiger partial charge < -0.3 is 0 Å². The van der Waals surface area contributed by atoms with Crippen LogP contribution in [0.4, 0.5) is 0 Å². The lowest BCUT2D eigenvalue weighted by molar-refractivity contribution is -0.0122. The number of piperidine rings is 1. The molecule has 0 bridgehead atoms. The first-order valence-electron chi connectivity index (χ1n) is 5.78. The fraction of sp³-hybridized carbons (Fsp3) is 1.00. The Morgan fingerprint density at radius 1 is 1.08 bits per heavy atom. The van der Waals surface area contributed by atoms with E-state index in [4.69, 9.17) is 0 Å². The summed E-state index contributed by atoms with van der Waals surface area (Å²) in [5.74, 6) is 0.850. The number of fused-ring (bicyclic) bond motifs is 1. The molecule has 3 heterocycles. The molecule has 0 aromatic rings. The monoisotopic (exact) mass is 179 g/mol. The minimum absolute atomic E-state index is 0.593. The summed E-state index contributed by atoms with van der Waals surface area (Å²) in [5.41, 5.74) is 1.81. The van der Waals surface area contributed by atoms with Gasteiger partial charge in [0.25, 0.3) is 0 Å². The van der Waals surface area contributed by atoms with Crippen LogP contribution in [0.3, 0.4) is 0 Å². The summed E-state index contributed by atoms with van der Waals surface area (Å²) in [7, 11) is 0. The van der Waals surface area contributed by atoms with Crippen LogP contribution < -0.4 is 0 Å². The van der Waals surface area contributed by atoms with Gasteiger partial charge in [-0.2, -0.15) is 0 Å². The first kappa shape index (κ1) is 8.28. The molecule has 0 aromatic carbocycles. The lowest BCUT2D eigenvalue weighted by Crippen LogP contribution is -2.57. The molecule has 13 heavy (non-hydrogen) atoms. The van der Waals surface area contributed by atoms with E-state index < -0.39 is 0 Å². The molecule has 0 saturated carbocycles. The molecule has 3 fully saturated rings. The van der Waals surface area contributed by atoms with Crippen LogP contribution in [0.2, 0.25) is 0 Å². The van der Waals surface area contributed by atoms with E-state index in [1.54, 1.807) is 0 Å². The lowest BCUT2D eigenvalue weighted by atomic mass is 9.71. The Bertz CT molecular complexity index is 272. The zero-order chi connectivity index (χ0) is 9.48. The van der Waals surface area contributed by atoms with Crippen molar-refractivity contribution in [3.63, 3.8) is 0 Å². The molecule has 1 nitrogen and oxygen atoms in total. The average Bonchev–Trinajstić information content (AvgIpc) is 2.44. The zero-order valence-electron chi connectivity index (χ0n) is 9.35. The predicted octanol–water partition coefficient (Wildman–Crippen LogP) is 2.80. The third kappa shape index (κ3) is 0.587. The molecule has 74 valence electrons. The molecule has 3 saturated heterocycles. The summed E-state index contributed by atoms with van der Waals surface area (Å²) in [6.45, 7) is 9.77. The van der Waals surface area contributed by atoms with Crippen molar-refractivity contribution in [2.24, 2.45) is 5.92 Å². The van der Waals surface area contributed by atoms with Crippen molar-refractivity contribution in [3.05, 3.63) is 0 Å². The molecule has 1 heteroatoms. The second kappa shape index (κ2) is 1.84. The van der Waals surface area contributed by atoms with Gasteiger partial charge in [0, 0.05) is 16.6 Å². The predicted molar refractivity (Wildman–Crippen MR) is 54.7 cm³/mol. The van der Waals surface area contributed by atoms with E-state index in [0.29, 0.717) is 16.6 Å². The maximum Gasteiger partial charge on any atom is 0.0392 e. The van der Waals surface area contributed by atoms with Crippen LogP contribution in [0.1, 0.15) is 53.4 Å². The molecule has 3 aliphatic rings. The Hall–Kier alpha value is -0.0400. The van der Waals surface area contributed by atoms with Crippen LogP contribution in [-0.4, -0.2) is 21.5 Å². The summed E-state index contributed by atoms with van der Waals surface area (Å²) in [4.78, 5) is 2.83. The number of nitrogens with zero attached hydrogens (tertiary/aromatic N) is 1. The second-order valence-electron chi connectivity index (χ2n) is 6.17. The van der Waals surface area contributed by atoms with Gasteiger partial charge in [-0.05, 0) is 45.4 Å². The smallest absolute Gasteiger partial charge is 0.0392 e. The molecular formula is C12H21N. The number of hydrogen-bond acceptors (Lipinski definition) is 1. The highest BCUT2D eigenvalue weighted by Gasteiger charge is 2.84. The molecule has 3 aliphatic heterocycles. The van der Waals surface area contributed by atoms with Gasteiger partial charge in [-0.3, -0.25) is 4.90 Å². The highest BCUT2D eigenvalue weighted by Crippen LogP contribution is 2.75. The van der Waals surface area contributed by atoms with Crippen LogP contribution in [0.25, 0.3) is 0 Å². The van der Waals surface area contributed by atoms with Crippen molar-refractivity contribution in [1.82, 2.24) is 4.90 Å². The molecule has 0 aromatic heterocycles. The lowest BCUT2D eigenvalue weighted by Gasteiger charge is -2.51. The first-order valence-corrected chi connectivity index (χ1v) is 5.78. The standard InChI is InChI=1S/C12H21N/c1-9(2)12-7-5-6-10(3)11(4,8-12)13(10)12/h9H,5-8H2,1-4H3.